The summed E-state index contributed by atoms with van der Waals surface area (Å²) in [6.45, 7) is 3.02. The van der Waals surface area contributed by atoms with Gasteiger partial charge in [-0.1, -0.05) is 13.8 Å². The number of nitrogens with one attached hydrogen (secondary N) is 1. The predicted molar refractivity (Wildman–Crippen MR) is 72.1 cm³/mol. The lowest BCUT2D eigenvalue weighted by molar-refractivity contribution is -0.145. The van der Waals surface area contributed by atoms with Crippen molar-refractivity contribution in [1.82, 2.24) is 0 Å². The number of rotatable bonds is 6. The number of aliphatic carboxylic acids is 1. The van der Waals surface area contributed by atoms with E-state index >= 15 is 0 Å². The van der Waals surface area contributed by atoms with Crippen LogP contribution in [0, 0.1) is 23.2 Å². The quantitative estimate of drug-likeness (QED) is 0.826. The summed E-state index contributed by atoms with van der Waals surface area (Å²) in [5.41, 5.74) is 0.545. The van der Waals surface area contributed by atoms with Crippen molar-refractivity contribution in [1.29, 1.82) is 5.26 Å². The molecule has 0 saturated heterocycles. The number of nitrogens with zero attached hydrogens (tertiary/aromatic N) is 1. The maximum Gasteiger partial charge on any atom is 0.307 e. The molecular formula is C14H16N2O4. The predicted octanol–water partition coefficient (Wildman–Crippen LogP) is 1.88. The summed E-state index contributed by atoms with van der Waals surface area (Å²) in [5, 5.41) is 19.9. The summed E-state index contributed by atoms with van der Waals surface area (Å²) >= 11 is 0. The molecule has 0 bridgehead atoms. The lowest BCUT2D eigenvalue weighted by Gasteiger charge is -2.15. The van der Waals surface area contributed by atoms with Gasteiger partial charge in [0.25, 0.3) is 0 Å². The van der Waals surface area contributed by atoms with Crippen molar-refractivity contribution in [3.05, 3.63) is 24.3 Å². The zero-order chi connectivity index (χ0) is 15.1. The first kappa shape index (κ1) is 15.5. The highest BCUT2D eigenvalue weighted by Gasteiger charge is 2.25. The molecule has 106 valence electrons. The van der Waals surface area contributed by atoms with Crippen LogP contribution in [0.1, 0.15) is 13.8 Å². The third kappa shape index (κ3) is 4.28. The van der Waals surface area contributed by atoms with Crippen molar-refractivity contribution in [3.63, 3.8) is 0 Å². The largest absolute Gasteiger partial charge is 0.481 e. The number of carbonyl (C=O) groups is 2. The minimum absolute atomic E-state index is 0.0428. The Morgan fingerprint density at radius 1 is 1.30 bits per heavy atom. The SMILES string of the molecule is CC(C(=O)O)C(C)C(=O)Nc1ccc(OCC#N)cc1. The standard InChI is InChI=1S/C14H16N2O4/c1-9(10(2)14(18)19)13(17)16-11-3-5-12(6-4-11)20-8-7-15/h3-6,9-10H,8H2,1-2H3,(H,16,17)(H,18,19). The Balaban J connectivity index is 2.62. The summed E-state index contributed by atoms with van der Waals surface area (Å²) in [4.78, 5) is 22.7. The van der Waals surface area contributed by atoms with Gasteiger partial charge in [0.15, 0.2) is 6.61 Å². The molecule has 0 heterocycles. The number of carbonyl (C=O) groups excluding carboxylic acids is 1. The molecule has 20 heavy (non-hydrogen) atoms. The molecule has 1 amide bonds. The Hall–Kier alpha value is -2.55. The van der Waals surface area contributed by atoms with Crippen LogP contribution in [0.25, 0.3) is 0 Å². The van der Waals surface area contributed by atoms with Crippen LogP contribution in [-0.2, 0) is 9.59 Å². The Kier molecular flexibility index (Phi) is 5.54. The number of anilines is 1. The van der Waals surface area contributed by atoms with E-state index in [-0.39, 0.29) is 12.5 Å². The van der Waals surface area contributed by atoms with Gasteiger partial charge in [-0.3, -0.25) is 9.59 Å². The minimum Gasteiger partial charge on any atom is -0.481 e. The van der Waals surface area contributed by atoms with E-state index < -0.39 is 17.8 Å². The van der Waals surface area contributed by atoms with E-state index in [1.54, 1.807) is 31.2 Å². The maximum absolute atomic E-state index is 11.9. The highest BCUT2D eigenvalue weighted by molar-refractivity contribution is 5.94. The number of nitriles is 1. The number of hydrogen-bond donors (Lipinski definition) is 2. The van der Waals surface area contributed by atoms with Crippen molar-refractivity contribution >= 4 is 17.6 Å². The Morgan fingerprint density at radius 3 is 2.40 bits per heavy atom. The summed E-state index contributed by atoms with van der Waals surface area (Å²) in [6.07, 6.45) is 0. The van der Waals surface area contributed by atoms with E-state index in [4.69, 9.17) is 15.1 Å². The Bertz CT molecular complexity index is 519. The Labute approximate surface area is 117 Å². The summed E-state index contributed by atoms with van der Waals surface area (Å²) in [5.74, 6) is -2.23. The van der Waals surface area contributed by atoms with Gasteiger partial charge in [0, 0.05) is 11.6 Å². The lowest BCUT2D eigenvalue weighted by Crippen LogP contribution is -2.29. The number of benzene rings is 1. The first-order chi connectivity index (χ1) is 9.45. The van der Waals surface area contributed by atoms with Gasteiger partial charge < -0.3 is 15.2 Å². The van der Waals surface area contributed by atoms with E-state index in [1.807, 2.05) is 6.07 Å². The lowest BCUT2D eigenvalue weighted by atomic mass is 9.95. The van der Waals surface area contributed by atoms with Crippen LogP contribution in [-0.4, -0.2) is 23.6 Å². The zero-order valence-electron chi connectivity index (χ0n) is 11.3. The molecule has 0 radical (unpaired) electrons. The van der Waals surface area contributed by atoms with Crippen LogP contribution in [0.5, 0.6) is 5.75 Å². The summed E-state index contributed by atoms with van der Waals surface area (Å²) < 4.78 is 5.08. The first-order valence-corrected chi connectivity index (χ1v) is 6.09. The minimum atomic E-state index is -1.01. The van der Waals surface area contributed by atoms with Gasteiger partial charge in [-0.15, -0.1) is 0 Å². The van der Waals surface area contributed by atoms with Gasteiger partial charge in [0.05, 0.1) is 5.92 Å². The third-order valence-corrected chi connectivity index (χ3v) is 2.98. The molecule has 0 aliphatic heterocycles. The second kappa shape index (κ2) is 7.14. The first-order valence-electron chi connectivity index (χ1n) is 6.09. The van der Waals surface area contributed by atoms with Crippen LogP contribution in [0.3, 0.4) is 0 Å². The Morgan fingerprint density at radius 2 is 1.90 bits per heavy atom. The summed E-state index contributed by atoms with van der Waals surface area (Å²) in [6, 6.07) is 8.36. The molecule has 1 aromatic rings. The molecule has 6 heteroatoms. The number of hydrogen-bond acceptors (Lipinski definition) is 4. The monoisotopic (exact) mass is 276 g/mol. The zero-order valence-corrected chi connectivity index (χ0v) is 11.3. The maximum atomic E-state index is 11.9. The number of amides is 1. The normalized spacial score (nSPS) is 12.8. The van der Waals surface area contributed by atoms with Crippen LogP contribution in [0.4, 0.5) is 5.69 Å². The van der Waals surface area contributed by atoms with Crippen LogP contribution in [0.2, 0.25) is 0 Å². The fraction of sp³-hybridized carbons (Fsp3) is 0.357. The van der Waals surface area contributed by atoms with E-state index in [9.17, 15) is 9.59 Å². The van der Waals surface area contributed by atoms with Crippen molar-refractivity contribution in [2.75, 3.05) is 11.9 Å². The highest BCUT2D eigenvalue weighted by atomic mass is 16.5. The fourth-order valence-corrected chi connectivity index (χ4v) is 1.45. The average molecular weight is 276 g/mol. The van der Waals surface area contributed by atoms with E-state index in [1.165, 1.54) is 6.92 Å². The highest BCUT2D eigenvalue weighted by Crippen LogP contribution is 2.18. The van der Waals surface area contributed by atoms with Gasteiger partial charge in [0.2, 0.25) is 5.91 Å². The third-order valence-electron chi connectivity index (χ3n) is 2.98. The van der Waals surface area contributed by atoms with Crippen molar-refractivity contribution < 1.29 is 19.4 Å². The van der Waals surface area contributed by atoms with E-state index in [0.717, 1.165) is 0 Å². The second-order valence-electron chi connectivity index (χ2n) is 4.38. The average Bonchev–Trinajstić information content (AvgIpc) is 2.44. The molecular weight excluding hydrogens is 260 g/mol. The van der Waals surface area contributed by atoms with Gasteiger partial charge >= 0.3 is 5.97 Å². The molecule has 1 rings (SSSR count). The number of ether oxygens (including phenoxy) is 1. The summed E-state index contributed by atoms with van der Waals surface area (Å²) in [7, 11) is 0. The molecule has 0 saturated carbocycles. The molecule has 2 atom stereocenters. The second-order valence-corrected chi connectivity index (χ2v) is 4.38. The van der Waals surface area contributed by atoms with E-state index in [2.05, 4.69) is 5.32 Å². The molecule has 2 N–H and O–H groups in total. The van der Waals surface area contributed by atoms with Crippen molar-refractivity contribution in [2.24, 2.45) is 11.8 Å². The van der Waals surface area contributed by atoms with E-state index in [0.29, 0.717) is 11.4 Å². The molecule has 0 aliphatic carbocycles. The molecule has 0 aromatic heterocycles. The smallest absolute Gasteiger partial charge is 0.307 e. The molecule has 0 spiro atoms. The molecule has 2 unspecified atom stereocenters. The van der Waals surface area contributed by atoms with Crippen LogP contribution < -0.4 is 10.1 Å². The molecule has 0 aliphatic rings. The molecule has 1 aromatic carbocycles. The van der Waals surface area contributed by atoms with Gasteiger partial charge in [0.1, 0.15) is 11.8 Å². The number of carboxylic acids is 1. The fourth-order valence-electron chi connectivity index (χ4n) is 1.45. The van der Waals surface area contributed by atoms with Gasteiger partial charge in [-0.05, 0) is 24.3 Å². The van der Waals surface area contributed by atoms with Crippen LogP contribution >= 0.6 is 0 Å². The van der Waals surface area contributed by atoms with Crippen molar-refractivity contribution in [2.45, 2.75) is 13.8 Å². The van der Waals surface area contributed by atoms with Crippen molar-refractivity contribution in [3.8, 4) is 11.8 Å². The van der Waals surface area contributed by atoms with Crippen LogP contribution in [0.15, 0.2) is 24.3 Å². The van der Waals surface area contributed by atoms with Gasteiger partial charge in [-0.25, -0.2) is 0 Å². The number of carboxylic acid groups (broad SMARTS) is 1. The van der Waals surface area contributed by atoms with Gasteiger partial charge in [-0.2, -0.15) is 5.26 Å². The topological polar surface area (TPSA) is 99.4 Å². The molecule has 0 fully saturated rings. The molecule has 6 nitrogen and oxygen atoms in total.